The Morgan fingerprint density at radius 1 is 1.38 bits per heavy atom. The molecule has 1 unspecified atom stereocenters. The van der Waals surface area contributed by atoms with Crippen LogP contribution in [-0.4, -0.2) is 29.0 Å². The molecule has 0 spiro atoms. The number of nitrogens with one attached hydrogen (secondary N) is 2. The van der Waals surface area contributed by atoms with Gasteiger partial charge < -0.3 is 10.6 Å². The third-order valence-electron chi connectivity index (χ3n) is 3.01. The molecule has 2 aromatic heterocycles. The molecule has 0 aromatic carbocycles. The van der Waals surface area contributed by atoms with Crippen molar-refractivity contribution < 1.29 is 4.79 Å². The second-order valence-electron chi connectivity index (χ2n) is 4.84. The number of hydrogen-bond donors (Lipinski definition) is 2. The number of carbonyl (C=O) groups excluding carboxylic acids is 1. The number of hydrogen-bond acceptors (Lipinski definition) is 5. The fraction of sp³-hybridized carbons (Fsp3) is 0.400. The van der Waals surface area contributed by atoms with Crippen LogP contribution in [0, 0.1) is 0 Å². The van der Waals surface area contributed by atoms with Crippen LogP contribution in [-0.2, 0) is 0 Å². The molecule has 1 atom stereocenters. The minimum Gasteiger partial charge on any atom is -0.385 e. The second kappa shape index (κ2) is 7.73. The molecule has 21 heavy (non-hydrogen) atoms. The normalized spacial score (nSPS) is 11.9. The van der Waals surface area contributed by atoms with Crippen molar-refractivity contribution in [1.82, 2.24) is 15.3 Å². The maximum absolute atomic E-state index is 12.1. The molecule has 6 heteroatoms. The van der Waals surface area contributed by atoms with Gasteiger partial charge in [0.25, 0.3) is 5.91 Å². The fourth-order valence-electron chi connectivity index (χ4n) is 1.84. The van der Waals surface area contributed by atoms with E-state index in [9.17, 15) is 4.79 Å². The topological polar surface area (TPSA) is 66.9 Å². The first-order valence-corrected chi connectivity index (χ1v) is 7.96. The highest BCUT2D eigenvalue weighted by Gasteiger charge is 2.12. The number of aromatic nitrogens is 2. The van der Waals surface area contributed by atoms with Gasteiger partial charge in [0.2, 0.25) is 0 Å². The first-order chi connectivity index (χ1) is 10.2. The summed E-state index contributed by atoms with van der Waals surface area (Å²) in [6.45, 7) is 5.58. The largest absolute Gasteiger partial charge is 0.385 e. The van der Waals surface area contributed by atoms with Crippen molar-refractivity contribution in [2.75, 3.05) is 18.4 Å². The number of nitrogens with zero attached hydrogens (tertiary/aromatic N) is 2. The summed E-state index contributed by atoms with van der Waals surface area (Å²) in [5.41, 5.74) is 1.35. The molecule has 0 aliphatic carbocycles. The van der Waals surface area contributed by atoms with Crippen LogP contribution in [0.5, 0.6) is 0 Å². The number of amides is 1. The van der Waals surface area contributed by atoms with Crippen molar-refractivity contribution in [2.24, 2.45) is 0 Å². The van der Waals surface area contributed by atoms with Gasteiger partial charge >= 0.3 is 0 Å². The number of pyridine rings is 1. The summed E-state index contributed by atoms with van der Waals surface area (Å²) in [5.74, 6) is 0.0499. The molecule has 0 fully saturated rings. The van der Waals surface area contributed by atoms with Gasteiger partial charge in [-0.3, -0.25) is 9.78 Å². The molecule has 1 amide bonds. The Labute approximate surface area is 128 Å². The highest BCUT2D eigenvalue weighted by Crippen LogP contribution is 2.16. The van der Waals surface area contributed by atoms with Gasteiger partial charge in [-0.2, -0.15) is 0 Å². The van der Waals surface area contributed by atoms with E-state index >= 15 is 0 Å². The predicted octanol–water partition coefficient (Wildman–Crippen LogP) is 2.89. The smallest absolute Gasteiger partial charge is 0.269 e. The van der Waals surface area contributed by atoms with E-state index in [1.165, 1.54) is 0 Å². The molecule has 0 aliphatic rings. The van der Waals surface area contributed by atoms with E-state index in [2.05, 4.69) is 27.5 Å². The van der Waals surface area contributed by atoms with E-state index in [0.717, 1.165) is 23.7 Å². The Morgan fingerprint density at radius 3 is 2.95 bits per heavy atom. The van der Waals surface area contributed by atoms with E-state index in [1.807, 2.05) is 18.4 Å². The lowest BCUT2D eigenvalue weighted by Crippen LogP contribution is -2.28. The lowest BCUT2D eigenvalue weighted by atomic mass is 10.2. The number of anilines is 1. The van der Waals surface area contributed by atoms with Crippen molar-refractivity contribution in [3.63, 3.8) is 0 Å². The molecule has 0 aliphatic heterocycles. The molecular formula is C15H20N4OS. The van der Waals surface area contributed by atoms with E-state index in [4.69, 9.17) is 0 Å². The zero-order chi connectivity index (χ0) is 15.1. The third-order valence-corrected chi connectivity index (χ3v) is 4.02. The third kappa shape index (κ3) is 4.53. The molecule has 2 aromatic rings. The Morgan fingerprint density at radius 2 is 2.24 bits per heavy atom. The summed E-state index contributed by atoms with van der Waals surface area (Å²) >= 11 is 1.60. The Balaban J connectivity index is 1.91. The monoisotopic (exact) mass is 304 g/mol. The molecule has 112 valence electrons. The quantitative estimate of drug-likeness (QED) is 0.825. The lowest BCUT2D eigenvalue weighted by Gasteiger charge is -2.10. The van der Waals surface area contributed by atoms with Gasteiger partial charge in [0.05, 0.1) is 5.01 Å². The van der Waals surface area contributed by atoms with Gasteiger partial charge in [-0.1, -0.05) is 13.8 Å². The average Bonchev–Trinajstić information content (AvgIpc) is 3.05. The van der Waals surface area contributed by atoms with E-state index in [-0.39, 0.29) is 11.8 Å². The lowest BCUT2D eigenvalue weighted by molar-refractivity contribution is 0.0946. The molecule has 5 nitrogen and oxygen atoms in total. The minimum atomic E-state index is -0.154. The van der Waals surface area contributed by atoms with Crippen molar-refractivity contribution in [3.8, 4) is 0 Å². The Hall–Kier alpha value is -1.95. The molecule has 2 rings (SSSR count). The second-order valence-corrected chi connectivity index (χ2v) is 5.76. The maximum atomic E-state index is 12.1. The van der Waals surface area contributed by atoms with Crippen LogP contribution in [0.3, 0.4) is 0 Å². The van der Waals surface area contributed by atoms with Crippen LogP contribution in [0.15, 0.2) is 29.9 Å². The first kappa shape index (κ1) is 15.4. The summed E-state index contributed by atoms with van der Waals surface area (Å²) in [7, 11) is 0. The van der Waals surface area contributed by atoms with Crippen LogP contribution in [0.1, 0.15) is 41.7 Å². The van der Waals surface area contributed by atoms with Crippen LogP contribution in [0.2, 0.25) is 0 Å². The van der Waals surface area contributed by atoms with E-state index in [1.54, 1.807) is 29.8 Å². The average molecular weight is 304 g/mol. The highest BCUT2D eigenvalue weighted by atomic mass is 32.1. The number of thiazole rings is 1. The predicted molar refractivity (Wildman–Crippen MR) is 85.9 cm³/mol. The molecule has 2 N–H and O–H groups in total. The summed E-state index contributed by atoms with van der Waals surface area (Å²) in [6, 6.07) is 3.64. The van der Waals surface area contributed by atoms with Crippen molar-refractivity contribution in [2.45, 2.75) is 26.2 Å². The number of carbonyl (C=O) groups is 1. The first-order valence-electron chi connectivity index (χ1n) is 7.08. The van der Waals surface area contributed by atoms with Crippen molar-refractivity contribution in [1.29, 1.82) is 0 Å². The zero-order valence-electron chi connectivity index (χ0n) is 12.3. The fourth-order valence-corrected chi connectivity index (χ4v) is 2.53. The maximum Gasteiger partial charge on any atom is 0.269 e. The molecule has 0 saturated heterocycles. The SMILES string of the molecule is CCCNc1ccnc(C(=O)NCC(C)c2nccs2)c1. The van der Waals surface area contributed by atoms with Crippen LogP contribution in [0.4, 0.5) is 5.69 Å². The Bertz CT molecular complexity index is 571. The summed E-state index contributed by atoms with van der Waals surface area (Å²) < 4.78 is 0. The van der Waals surface area contributed by atoms with Crippen LogP contribution >= 0.6 is 11.3 Å². The van der Waals surface area contributed by atoms with Crippen molar-refractivity contribution >= 4 is 22.9 Å². The molecule has 0 saturated carbocycles. The van der Waals surface area contributed by atoms with Crippen LogP contribution in [0.25, 0.3) is 0 Å². The summed E-state index contributed by atoms with van der Waals surface area (Å²) in [5, 5.41) is 9.13. The van der Waals surface area contributed by atoms with Gasteiger partial charge in [0, 0.05) is 42.5 Å². The van der Waals surface area contributed by atoms with Gasteiger partial charge in [-0.05, 0) is 18.6 Å². The van der Waals surface area contributed by atoms with Gasteiger partial charge in [0.1, 0.15) is 5.69 Å². The molecular weight excluding hydrogens is 284 g/mol. The summed E-state index contributed by atoms with van der Waals surface area (Å²) in [6.07, 6.45) is 4.47. The standard InChI is InChI=1S/C15H20N4OS/c1-3-5-16-12-4-6-17-13(9-12)14(20)19-10-11(2)15-18-7-8-21-15/h4,6-9,11H,3,5,10H2,1-2H3,(H,16,17)(H,19,20). The zero-order valence-corrected chi connectivity index (χ0v) is 13.1. The van der Waals surface area contributed by atoms with Crippen molar-refractivity contribution in [3.05, 3.63) is 40.6 Å². The van der Waals surface area contributed by atoms with Gasteiger partial charge in [0.15, 0.2) is 0 Å². The van der Waals surface area contributed by atoms with Crippen LogP contribution < -0.4 is 10.6 Å². The Kier molecular flexibility index (Phi) is 5.68. The summed E-state index contributed by atoms with van der Waals surface area (Å²) in [4.78, 5) is 20.5. The highest BCUT2D eigenvalue weighted by molar-refractivity contribution is 7.09. The molecule has 2 heterocycles. The molecule has 0 radical (unpaired) electrons. The minimum absolute atomic E-state index is 0.154. The molecule has 0 bridgehead atoms. The van der Waals surface area contributed by atoms with E-state index < -0.39 is 0 Å². The van der Waals surface area contributed by atoms with E-state index in [0.29, 0.717) is 12.2 Å². The van der Waals surface area contributed by atoms with Gasteiger partial charge in [-0.25, -0.2) is 4.98 Å². The number of rotatable bonds is 7. The van der Waals surface area contributed by atoms with Gasteiger partial charge in [-0.15, -0.1) is 11.3 Å².